The van der Waals surface area contributed by atoms with Crippen LogP contribution in [0.25, 0.3) is 22.6 Å². The summed E-state index contributed by atoms with van der Waals surface area (Å²) in [5.74, 6) is 1.93. The molecule has 5 nitrogen and oxygen atoms in total. The Morgan fingerprint density at radius 3 is 2.65 bits per heavy atom. The van der Waals surface area contributed by atoms with E-state index in [1.165, 1.54) is 0 Å². The monoisotopic (exact) mass is 268 g/mol. The number of furan rings is 1. The second-order valence-electron chi connectivity index (χ2n) is 5.62. The molecule has 0 aromatic carbocycles. The molecule has 0 aliphatic heterocycles. The zero-order chi connectivity index (χ0) is 14.2. The van der Waals surface area contributed by atoms with Gasteiger partial charge in [-0.2, -0.15) is 0 Å². The van der Waals surface area contributed by atoms with Gasteiger partial charge in [0.2, 0.25) is 0 Å². The minimum absolute atomic E-state index is 0.0996. The average molecular weight is 268 g/mol. The van der Waals surface area contributed by atoms with Gasteiger partial charge in [0, 0.05) is 11.7 Å². The first-order chi connectivity index (χ1) is 9.53. The summed E-state index contributed by atoms with van der Waals surface area (Å²) in [5, 5.41) is 4.29. The standard InChI is InChI=1S/C15H16N4O/c1-15(2,3)19-13-10-6-4-8-16-12(10)17-14(18-13)11-7-5-9-20-11/h4-9H,1-3H3,(H,16,17,18,19). The summed E-state index contributed by atoms with van der Waals surface area (Å²) >= 11 is 0. The van der Waals surface area contributed by atoms with Gasteiger partial charge in [-0.25, -0.2) is 15.0 Å². The Bertz CT molecular complexity index is 729. The van der Waals surface area contributed by atoms with Crippen LogP contribution in [0.2, 0.25) is 0 Å². The average Bonchev–Trinajstić information content (AvgIpc) is 2.90. The molecule has 0 saturated carbocycles. The first-order valence-electron chi connectivity index (χ1n) is 6.48. The molecule has 1 N–H and O–H groups in total. The SMILES string of the molecule is CC(C)(C)Nc1nc(-c2ccco2)nc2ncccc12. The Hall–Kier alpha value is -2.43. The molecule has 3 rings (SSSR count). The van der Waals surface area contributed by atoms with E-state index in [2.05, 4.69) is 41.0 Å². The molecule has 0 fully saturated rings. The number of rotatable bonds is 2. The molecule has 0 saturated heterocycles. The summed E-state index contributed by atoms with van der Waals surface area (Å²) in [6, 6.07) is 7.50. The maximum Gasteiger partial charge on any atom is 0.199 e. The van der Waals surface area contributed by atoms with Crippen molar-refractivity contribution in [2.75, 3.05) is 5.32 Å². The summed E-state index contributed by atoms with van der Waals surface area (Å²) < 4.78 is 5.37. The van der Waals surface area contributed by atoms with Crippen LogP contribution in [-0.2, 0) is 0 Å². The van der Waals surface area contributed by atoms with Crippen LogP contribution in [0.4, 0.5) is 5.82 Å². The number of fused-ring (bicyclic) bond motifs is 1. The van der Waals surface area contributed by atoms with Crippen molar-refractivity contribution in [1.29, 1.82) is 0 Å². The van der Waals surface area contributed by atoms with Crippen molar-refractivity contribution in [3.8, 4) is 11.6 Å². The molecule has 0 radical (unpaired) electrons. The molecule has 5 heteroatoms. The molecule has 0 amide bonds. The summed E-state index contributed by atoms with van der Waals surface area (Å²) in [5.41, 5.74) is 0.554. The van der Waals surface area contributed by atoms with Crippen LogP contribution in [0, 0.1) is 0 Å². The fourth-order valence-electron chi connectivity index (χ4n) is 1.93. The van der Waals surface area contributed by atoms with E-state index in [0.717, 1.165) is 11.2 Å². The Balaban J connectivity index is 2.20. The lowest BCUT2D eigenvalue weighted by molar-refractivity contribution is 0.577. The molecule has 0 bridgehead atoms. The molecule has 3 heterocycles. The van der Waals surface area contributed by atoms with Gasteiger partial charge < -0.3 is 9.73 Å². The van der Waals surface area contributed by atoms with E-state index in [4.69, 9.17) is 4.42 Å². The minimum Gasteiger partial charge on any atom is -0.461 e. The van der Waals surface area contributed by atoms with Crippen LogP contribution < -0.4 is 5.32 Å². The molecule has 102 valence electrons. The molecule has 0 spiro atoms. The van der Waals surface area contributed by atoms with Gasteiger partial charge in [-0.1, -0.05) is 0 Å². The van der Waals surface area contributed by atoms with E-state index in [0.29, 0.717) is 17.2 Å². The van der Waals surface area contributed by atoms with Crippen LogP contribution in [-0.4, -0.2) is 20.5 Å². The zero-order valence-electron chi connectivity index (χ0n) is 11.7. The number of nitrogens with zero attached hydrogens (tertiary/aromatic N) is 3. The summed E-state index contributed by atoms with van der Waals surface area (Å²) in [6.07, 6.45) is 3.33. The molecule has 0 unspecified atom stereocenters. The first-order valence-corrected chi connectivity index (χ1v) is 6.48. The Morgan fingerprint density at radius 2 is 1.95 bits per heavy atom. The molecule has 20 heavy (non-hydrogen) atoms. The Morgan fingerprint density at radius 1 is 1.10 bits per heavy atom. The zero-order valence-corrected chi connectivity index (χ0v) is 11.7. The fraction of sp³-hybridized carbons (Fsp3) is 0.267. The molecule has 0 atom stereocenters. The highest BCUT2D eigenvalue weighted by molar-refractivity contribution is 5.87. The van der Waals surface area contributed by atoms with E-state index in [-0.39, 0.29) is 5.54 Å². The van der Waals surface area contributed by atoms with Gasteiger partial charge in [-0.05, 0) is 45.0 Å². The van der Waals surface area contributed by atoms with E-state index >= 15 is 0 Å². The first kappa shape index (κ1) is 12.6. The van der Waals surface area contributed by atoms with Crippen molar-refractivity contribution >= 4 is 16.9 Å². The van der Waals surface area contributed by atoms with Crippen molar-refractivity contribution in [3.63, 3.8) is 0 Å². The second kappa shape index (κ2) is 4.59. The summed E-state index contributed by atoms with van der Waals surface area (Å²) in [4.78, 5) is 13.3. The van der Waals surface area contributed by atoms with Crippen molar-refractivity contribution in [2.24, 2.45) is 0 Å². The number of nitrogens with one attached hydrogen (secondary N) is 1. The quantitative estimate of drug-likeness (QED) is 0.770. The third-order valence-corrected chi connectivity index (χ3v) is 2.71. The van der Waals surface area contributed by atoms with Gasteiger partial charge in [0.25, 0.3) is 0 Å². The number of aromatic nitrogens is 3. The predicted molar refractivity (Wildman–Crippen MR) is 78.4 cm³/mol. The summed E-state index contributed by atoms with van der Waals surface area (Å²) in [6.45, 7) is 6.26. The van der Waals surface area contributed by atoms with Crippen molar-refractivity contribution in [1.82, 2.24) is 15.0 Å². The van der Waals surface area contributed by atoms with Gasteiger partial charge in [0.15, 0.2) is 17.2 Å². The molecule has 3 aromatic rings. The van der Waals surface area contributed by atoms with Crippen LogP contribution in [0.5, 0.6) is 0 Å². The highest BCUT2D eigenvalue weighted by Gasteiger charge is 2.16. The molecular formula is C15H16N4O. The lowest BCUT2D eigenvalue weighted by Gasteiger charge is -2.22. The number of hydrogen-bond donors (Lipinski definition) is 1. The number of anilines is 1. The maximum absolute atomic E-state index is 5.37. The van der Waals surface area contributed by atoms with Gasteiger partial charge in [-0.15, -0.1) is 0 Å². The van der Waals surface area contributed by atoms with Crippen molar-refractivity contribution in [3.05, 3.63) is 36.7 Å². The van der Waals surface area contributed by atoms with Crippen molar-refractivity contribution in [2.45, 2.75) is 26.3 Å². The van der Waals surface area contributed by atoms with E-state index in [1.807, 2.05) is 24.3 Å². The number of pyridine rings is 1. The summed E-state index contributed by atoms with van der Waals surface area (Å²) in [7, 11) is 0. The van der Waals surface area contributed by atoms with E-state index in [1.54, 1.807) is 12.5 Å². The van der Waals surface area contributed by atoms with Gasteiger partial charge in [-0.3, -0.25) is 0 Å². The van der Waals surface area contributed by atoms with Crippen LogP contribution in [0.3, 0.4) is 0 Å². The molecule has 3 aromatic heterocycles. The molecule has 0 aliphatic carbocycles. The number of hydrogen-bond acceptors (Lipinski definition) is 5. The van der Waals surface area contributed by atoms with Crippen LogP contribution >= 0.6 is 0 Å². The third kappa shape index (κ3) is 2.47. The second-order valence-corrected chi connectivity index (χ2v) is 5.62. The minimum atomic E-state index is -0.0996. The van der Waals surface area contributed by atoms with E-state index < -0.39 is 0 Å². The van der Waals surface area contributed by atoms with E-state index in [9.17, 15) is 0 Å². The Labute approximate surface area is 117 Å². The highest BCUT2D eigenvalue weighted by Crippen LogP contribution is 2.25. The normalized spacial score (nSPS) is 11.8. The lowest BCUT2D eigenvalue weighted by Crippen LogP contribution is -2.27. The smallest absolute Gasteiger partial charge is 0.199 e. The highest BCUT2D eigenvalue weighted by atomic mass is 16.3. The topological polar surface area (TPSA) is 63.8 Å². The lowest BCUT2D eigenvalue weighted by atomic mass is 10.1. The van der Waals surface area contributed by atoms with Gasteiger partial charge in [0.05, 0.1) is 11.6 Å². The van der Waals surface area contributed by atoms with Crippen LogP contribution in [0.1, 0.15) is 20.8 Å². The largest absolute Gasteiger partial charge is 0.461 e. The molecular weight excluding hydrogens is 252 g/mol. The van der Waals surface area contributed by atoms with Gasteiger partial charge in [0.1, 0.15) is 5.82 Å². The maximum atomic E-state index is 5.37. The predicted octanol–water partition coefficient (Wildman–Crippen LogP) is 3.50. The van der Waals surface area contributed by atoms with Crippen LogP contribution in [0.15, 0.2) is 41.1 Å². The third-order valence-electron chi connectivity index (χ3n) is 2.71. The fourth-order valence-corrected chi connectivity index (χ4v) is 1.93. The van der Waals surface area contributed by atoms with Crippen molar-refractivity contribution < 1.29 is 4.42 Å². The Kier molecular flexibility index (Phi) is 2.89. The van der Waals surface area contributed by atoms with Gasteiger partial charge >= 0.3 is 0 Å². The molecule has 0 aliphatic rings.